The number of nitrogens with zero attached hydrogens (tertiary/aromatic N) is 2. The van der Waals surface area contributed by atoms with Gasteiger partial charge in [-0.2, -0.15) is 0 Å². The van der Waals surface area contributed by atoms with Crippen LogP contribution >= 0.6 is 0 Å². The molecule has 0 atom stereocenters. The molecular weight excluding hydrogens is 300 g/mol. The van der Waals surface area contributed by atoms with Crippen LogP contribution in [0.1, 0.15) is 16.7 Å². The fraction of sp³-hybridized carbons (Fsp3) is 0.188. The Morgan fingerprint density at radius 1 is 1.30 bits per heavy atom. The molecule has 1 aliphatic heterocycles. The van der Waals surface area contributed by atoms with Crippen LogP contribution in [0, 0.1) is 17.0 Å². The number of rotatable bonds is 5. The van der Waals surface area contributed by atoms with E-state index in [-0.39, 0.29) is 19.1 Å². The van der Waals surface area contributed by atoms with Crippen LogP contribution in [0.25, 0.3) is 0 Å². The lowest BCUT2D eigenvalue weighted by molar-refractivity contribution is -0.384. The number of benzene rings is 2. The van der Waals surface area contributed by atoms with Crippen molar-refractivity contribution in [1.82, 2.24) is 0 Å². The molecule has 2 aromatic rings. The van der Waals surface area contributed by atoms with E-state index < -0.39 is 4.92 Å². The van der Waals surface area contributed by atoms with Gasteiger partial charge in [-0.25, -0.2) is 0 Å². The second-order valence-corrected chi connectivity index (χ2v) is 5.00. The highest BCUT2D eigenvalue weighted by atomic mass is 16.7. The molecule has 0 saturated carbocycles. The first-order valence-electron chi connectivity index (χ1n) is 6.92. The third-order valence-corrected chi connectivity index (χ3v) is 3.38. The second kappa shape index (κ2) is 6.35. The number of aryl methyl sites for hydroxylation is 1. The van der Waals surface area contributed by atoms with Gasteiger partial charge in [0.1, 0.15) is 6.61 Å². The van der Waals surface area contributed by atoms with Crippen molar-refractivity contribution in [3.63, 3.8) is 0 Å². The molecule has 0 fully saturated rings. The Bertz CT molecular complexity index is 773. The Morgan fingerprint density at radius 2 is 2.09 bits per heavy atom. The Balaban J connectivity index is 1.64. The highest BCUT2D eigenvalue weighted by molar-refractivity contribution is 5.82. The molecule has 0 bridgehead atoms. The summed E-state index contributed by atoms with van der Waals surface area (Å²) in [7, 11) is 0. The summed E-state index contributed by atoms with van der Waals surface area (Å²) in [6.07, 6.45) is 1.58. The molecule has 118 valence electrons. The maximum absolute atomic E-state index is 10.7. The van der Waals surface area contributed by atoms with Crippen LogP contribution in [0.15, 0.2) is 41.6 Å². The summed E-state index contributed by atoms with van der Waals surface area (Å²) in [5.74, 6) is 1.40. The molecule has 0 aliphatic carbocycles. The smallest absolute Gasteiger partial charge is 0.269 e. The first-order chi connectivity index (χ1) is 11.1. The summed E-state index contributed by atoms with van der Waals surface area (Å²) < 4.78 is 10.6. The lowest BCUT2D eigenvalue weighted by Gasteiger charge is -2.03. The Kier molecular flexibility index (Phi) is 4.09. The topological polar surface area (TPSA) is 83.2 Å². The summed E-state index contributed by atoms with van der Waals surface area (Å²) in [6.45, 7) is 2.31. The Hall–Kier alpha value is -3.09. The minimum atomic E-state index is -0.442. The number of nitro benzene ring substituents is 1. The van der Waals surface area contributed by atoms with Gasteiger partial charge in [0.25, 0.3) is 5.69 Å². The van der Waals surface area contributed by atoms with Crippen LogP contribution in [-0.2, 0) is 11.4 Å². The molecule has 2 aromatic carbocycles. The standard InChI is InChI=1S/C16H14N2O5/c1-11-5-15-16(22-10-21-15)7-13(11)8-17-23-9-12-3-2-4-14(6-12)18(19)20/h2-8H,9-10H2,1H3/b17-8-. The Morgan fingerprint density at radius 3 is 2.87 bits per heavy atom. The summed E-state index contributed by atoms with van der Waals surface area (Å²) in [6, 6.07) is 9.96. The van der Waals surface area contributed by atoms with Gasteiger partial charge in [0.15, 0.2) is 11.5 Å². The number of ether oxygens (including phenoxy) is 2. The molecule has 0 spiro atoms. The lowest BCUT2D eigenvalue weighted by atomic mass is 10.1. The molecule has 7 nitrogen and oxygen atoms in total. The van der Waals surface area contributed by atoms with Crippen LogP contribution < -0.4 is 9.47 Å². The molecule has 0 N–H and O–H groups in total. The summed E-state index contributed by atoms with van der Waals surface area (Å²) in [5, 5.41) is 14.6. The predicted octanol–water partition coefficient (Wildman–Crippen LogP) is 3.18. The summed E-state index contributed by atoms with van der Waals surface area (Å²) in [5.41, 5.74) is 2.55. The van der Waals surface area contributed by atoms with E-state index >= 15 is 0 Å². The van der Waals surface area contributed by atoms with Gasteiger partial charge in [-0.05, 0) is 30.2 Å². The fourth-order valence-electron chi connectivity index (χ4n) is 2.16. The highest BCUT2D eigenvalue weighted by Crippen LogP contribution is 2.34. The van der Waals surface area contributed by atoms with Crippen molar-refractivity contribution in [2.75, 3.05) is 6.79 Å². The zero-order valence-electron chi connectivity index (χ0n) is 12.4. The summed E-state index contributed by atoms with van der Waals surface area (Å²) >= 11 is 0. The SMILES string of the molecule is Cc1cc2c(cc1/C=N\OCc1cccc([N+](=O)[O-])c1)OCO2. The number of nitro groups is 1. The first-order valence-corrected chi connectivity index (χ1v) is 6.92. The molecule has 0 amide bonds. The van der Waals surface area contributed by atoms with Crippen LogP contribution in [0.3, 0.4) is 0 Å². The zero-order chi connectivity index (χ0) is 16.2. The van der Waals surface area contributed by atoms with Crippen molar-refractivity contribution < 1.29 is 19.2 Å². The van der Waals surface area contributed by atoms with Crippen molar-refractivity contribution in [2.45, 2.75) is 13.5 Å². The first kappa shape index (κ1) is 14.8. The van der Waals surface area contributed by atoms with E-state index in [0.29, 0.717) is 11.3 Å². The van der Waals surface area contributed by atoms with Crippen LogP contribution in [0.2, 0.25) is 0 Å². The average molecular weight is 314 g/mol. The monoisotopic (exact) mass is 314 g/mol. The van der Waals surface area contributed by atoms with Gasteiger partial charge in [-0.15, -0.1) is 0 Å². The van der Waals surface area contributed by atoms with Crippen molar-refractivity contribution in [3.8, 4) is 11.5 Å². The molecule has 0 saturated heterocycles. The minimum Gasteiger partial charge on any atom is -0.454 e. The zero-order valence-corrected chi connectivity index (χ0v) is 12.4. The van der Waals surface area contributed by atoms with Crippen LogP contribution in [0.4, 0.5) is 5.69 Å². The largest absolute Gasteiger partial charge is 0.454 e. The molecule has 0 unspecified atom stereocenters. The molecule has 23 heavy (non-hydrogen) atoms. The average Bonchev–Trinajstić information content (AvgIpc) is 2.98. The third kappa shape index (κ3) is 3.39. The van der Waals surface area contributed by atoms with E-state index in [1.165, 1.54) is 12.1 Å². The molecule has 1 aliphatic rings. The maximum atomic E-state index is 10.7. The molecule has 7 heteroatoms. The normalized spacial score (nSPS) is 12.6. The van der Waals surface area contributed by atoms with E-state index in [1.54, 1.807) is 18.3 Å². The third-order valence-electron chi connectivity index (χ3n) is 3.38. The van der Waals surface area contributed by atoms with Gasteiger partial charge in [0.05, 0.1) is 11.1 Å². The van der Waals surface area contributed by atoms with Gasteiger partial charge in [0.2, 0.25) is 6.79 Å². The van der Waals surface area contributed by atoms with Gasteiger partial charge >= 0.3 is 0 Å². The quantitative estimate of drug-likeness (QED) is 0.481. The van der Waals surface area contributed by atoms with Crippen LogP contribution in [0.5, 0.6) is 11.5 Å². The van der Waals surface area contributed by atoms with Crippen molar-refractivity contribution in [3.05, 3.63) is 63.2 Å². The number of oxime groups is 1. The molecule has 1 heterocycles. The fourth-order valence-corrected chi connectivity index (χ4v) is 2.16. The predicted molar refractivity (Wildman–Crippen MR) is 82.8 cm³/mol. The van der Waals surface area contributed by atoms with Gasteiger partial charge in [-0.1, -0.05) is 17.3 Å². The van der Waals surface area contributed by atoms with E-state index in [0.717, 1.165) is 16.9 Å². The van der Waals surface area contributed by atoms with Gasteiger partial charge in [-0.3, -0.25) is 10.1 Å². The van der Waals surface area contributed by atoms with Crippen molar-refractivity contribution >= 4 is 11.9 Å². The number of hydrogen-bond acceptors (Lipinski definition) is 6. The highest BCUT2D eigenvalue weighted by Gasteiger charge is 2.14. The number of hydrogen-bond donors (Lipinski definition) is 0. The van der Waals surface area contributed by atoms with E-state index in [2.05, 4.69) is 5.16 Å². The minimum absolute atomic E-state index is 0.0293. The van der Waals surface area contributed by atoms with Crippen LogP contribution in [-0.4, -0.2) is 17.9 Å². The second-order valence-electron chi connectivity index (χ2n) is 5.00. The van der Waals surface area contributed by atoms with Crippen molar-refractivity contribution in [2.24, 2.45) is 5.16 Å². The van der Waals surface area contributed by atoms with Gasteiger partial charge < -0.3 is 14.3 Å². The maximum Gasteiger partial charge on any atom is 0.269 e. The van der Waals surface area contributed by atoms with E-state index in [1.807, 2.05) is 19.1 Å². The molecule has 0 radical (unpaired) electrons. The van der Waals surface area contributed by atoms with E-state index in [4.69, 9.17) is 14.3 Å². The lowest BCUT2D eigenvalue weighted by Crippen LogP contribution is -1.93. The number of non-ortho nitro benzene ring substituents is 1. The summed E-state index contributed by atoms with van der Waals surface area (Å²) in [4.78, 5) is 15.5. The van der Waals surface area contributed by atoms with Gasteiger partial charge in [0, 0.05) is 17.7 Å². The van der Waals surface area contributed by atoms with E-state index in [9.17, 15) is 10.1 Å². The Labute approximate surface area is 132 Å². The molecular formula is C16H14N2O5. The van der Waals surface area contributed by atoms with Crippen molar-refractivity contribution in [1.29, 1.82) is 0 Å². The molecule has 0 aromatic heterocycles. The number of fused-ring (bicyclic) bond motifs is 1. The molecule has 3 rings (SSSR count).